The van der Waals surface area contributed by atoms with Gasteiger partial charge in [-0.3, -0.25) is 9.69 Å². The zero-order valence-electron chi connectivity index (χ0n) is 14.0. The van der Waals surface area contributed by atoms with Crippen molar-refractivity contribution < 1.29 is 9.90 Å². The first kappa shape index (κ1) is 17.3. The van der Waals surface area contributed by atoms with E-state index in [0.717, 1.165) is 48.0 Å². The summed E-state index contributed by atoms with van der Waals surface area (Å²) in [5.41, 5.74) is 8.73. The molecule has 3 aromatic rings. The lowest BCUT2D eigenvalue weighted by atomic mass is 10.0. The standard InChI is InChI=1S/C18H18N4O2S2/c19-16-15-12-6-7-22(8-11-4-2-1-3-5-11)9-13(12)26-17(15)21-18(20-16)25-10-14(23)24/h1-5H,6-10H2,(H,23,24)(H2,19,20,21). The highest BCUT2D eigenvalue weighted by molar-refractivity contribution is 7.99. The number of anilines is 1. The van der Waals surface area contributed by atoms with Crippen LogP contribution in [-0.2, 0) is 24.3 Å². The number of carboxylic acids is 1. The number of thiophene rings is 1. The van der Waals surface area contributed by atoms with Crippen molar-refractivity contribution in [3.63, 3.8) is 0 Å². The van der Waals surface area contributed by atoms with Crippen LogP contribution in [0.15, 0.2) is 35.5 Å². The number of benzene rings is 1. The fraction of sp³-hybridized carbons (Fsp3) is 0.278. The van der Waals surface area contributed by atoms with Crippen LogP contribution in [0.5, 0.6) is 0 Å². The number of aliphatic carboxylic acids is 1. The molecule has 0 radical (unpaired) electrons. The fourth-order valence-electron chi connectivity index (χ4n) is 3.22. The van der Waals surface area contributed by atoms with E-state index < -0.39 is 5.97 Å². The van der Waals surface area contributed by atoms with Crippen LogP contribution in [0.1, 0.15) is 16.0 Å². The minimum Gasteiger partial charge on any atom is -0.481 e. The van der Waals surface area contributed by atoms with Crippen molar-refractivity contribution in [3.8, 4) is 0 Å². The number of hydrogen-bond acceptors (Lipinski definition) is 7. The molecule has 8 heteroatoms. The number of aromatic nitrogens is 2. The first-order valence-electron chi connectivity index (χ1n) is 8.29. The number of rotatable bonds is 5. The van der Waals surface area contributed by atoms with Crippen LogP contribution in [0.4, 0.5) is 5.82 Å². The van der Waals surface area contributed by atoms with Gasteiger partial charge in [0.15, 0.2) is 5.16 Å². The Morgan fingerprint density at radius 3 is 2.88 bits per heavy atom. The van der Waals surface area contributed by atoms with E-state index in [0.29, 0.717) is 11.0 Å². The van der Waals surface area contributed by atoms with Crippen molar-refractivity contribution in [3.05, 3.63) is 46.3 Å². The van der Waals surface area contributed by atoms with E-state index in [-0.39, 0.29) is 5.75 Å². The maximum absolute atomic E-state index is 10.8. The second-order valence-corrected chi connectivity index (χ2v) is 8.23. The zero-order chi connectivity index (χ0) is 18.1. The van der Waals surface area contributed by atoms with Gasteiger partial charge < -0.3 is 10.8 Å². The molecule has 134 valence electrons. The van der Waals surface area contributed by atoms with Gasteiger partial charge in [0.1, 0.15) is 10.6 Å². The smallest absolute Gasteiger partial charge is 0.313 e. The molecule has 0 saturated carbocycles. The summed E-state index contributed by atoms with van der Waals surface area (Å²) in [5.74, 6) is -0.503. The molecule has 26 heavy (non-hydrogen) atoms. The third kappa shape index (κ3) is 3.53. The number of nitrogens with two attached hydrogens (primary N) is 1. The SMILES string of the molecule is Nc1nc(SCC(=O)O)nc2sc3c(c12)CCN(Cc1ccccc1)C3. The summed E-state index contributed by atoms with van der Waals surface area (Å²) in [4.78, 5) is 24.2. The van der Waals surface area contributed by atoms with Gasteiger partial charge in [0.2, 0.25) is 0 Å². The summed E-state index contributed by atoms with van der Waals surface area (Å²) >= 11 is 2.74. The number of hydrogen-bond donors (Lipinski definition) is 2. The molecule has 0 aliphatic carbocycles. The second-order valence-electron chi connectivity index (χ2n) is 6.20. The van der Waals surface area contributed by atoms with Crippen molar-refractivity contribution in [1.82, 2.24) is 14.9 Å². The molecule has 3 heterocycles. The van der Waals surface area contributed by atoms with Gasteiger partial charge >= 0.3 is 5.97 Å². The van der Waals surface area contributed by atoms with Gasteiger partial charge in [-0.25, -0.2) is 9.97 Å². The van der Waals surface area contributed by atoms with Gasteiger partial charge in [0, 0.05) is 24.5 Å². The minimum atomic E-state index is -0.890. The Labute approximate surface area is 159 Å². The molecule has 0 saturated heterocycles. The molecule has 0 amide bonds. The number of nitrogens with zero attached hydrogens (tertiary/aromatic N) is 3. The minimum absolute atomic E-state index is 0.0686. The van der Waals surface area contributed by atoms with Crippen LogP contribution in [0, 0.1) is 0 Å². The molecule has 0 bridgehead atoms. The topological polar surface area (TPSA) is 92.3 Å². The molecule has 1 aliphatic rings. The molecule has 0 atom stereocenters. The Morgan fingerprint density at radius 2 is 2.12 bits per heavy atom. The second kappa shape index (κ2) is 7.22. The molecular formula is C18H18N4O2S2. The lowest BCUT2D eigenvalue weighted by Gasteiger charge is -2.26. The third-order valence-corrected chi connectivity index (χ3v) is 6.30. The van der Waals surface area contributed by atoms with Gasteiger partial charge in [0.25, 0.3) is 0 Å². The van der Waals surface area contributed by atoms with E-state index in [2.05, 4.69) is 39.1 Å². The van der Waals surface area contributed by atoms with E-state index in [1.807, 2.05) is 6.07 Å². The van der Waals surface area contributed by atoms with Crippen molar-refractivity contribution in [2.24, 2.45) is 0 Å². The molecule has 0 spiro atoms. The third-order valence-electron chi connectivity index (χ3n) is 4.36. The lowest BCUT2D eigenvalue weighted by molar-refractivity contribution is -0.133. The Balaban J connectivity index is 1.59. The zero-order valence-corrected chi connectivity index (χ0v) is 15.6. The molecule has 4 rings (SSSR count). The van der Waals surface area contributed by atoms with E-state index in [9.17, 15) is 4.79 Å². The van der Waals surface area contributed by atoms with E-state index in [1.165, 1.54) is 16.0 Å². The van der Waals surface area contributed by atoms with Crippen molar-refractivity contribution in [2.45, 2.75) is 24.7 Å². The highest BCUT2D eigenvalue weighted by atomic mass is 32.2. The molecule has 6 nitrogen and oxygen atoms in total. The Hall–Kier alpha value is -2.16. The summed E-state index contributed by atoms with van der Waals surface area (Å²) in [7, 11) is 0. The molecule has 0 fully saturated rings. The van der Waals surface area contributed by atoms with Gasteiger partial charge in [-0.1, -0.05) is 42.1 Å². The number of carbonyl (C=O) groups is 1. The number of thioether (sulfide) groups is 1. The Kier molecular flexibility index (Phi) is 4.80. The molecule has 2 aromatic heterocycles. The Bertz CT molecular complexity index is 959. The number of fused-ring (bicyclic) bond motifs is 3. The number of nitrogen functional groups attached to an aromatic ring is 1. The van der Waals surface area contributed by atoms with Crippen LogP contribution in [0.3, 0.4) is 0 Å². The van der Waals surface area contributed by atoms with Crippen molar-refractivity contribution in [2.75, 3.05) is 18.0 Å². The first-order chi connectivity index (χ1) is 12.6. The van der Waals surface area contributed by atoms with E-state index >= 15 is 0 Å². The molecule has 3 N–H and O–H groups in total. The highest BCUT2D eigenvalue weighted by Gasteiger charge is 2.24. The van der Waals surface area contributed by atoms with Crippen LogP contribution in [-0.4, -0.2) is 38.2 Å². The van der Waals surface area contributed by atoms with Crippen LogP contribution in [0.2, 0.25) is 0 Å². The molecule has 0 unspecified atom stereocenters. The summed E-state index contributed by atoms with van der Waals surface area (Å²) in [5, 5.41) is 10.2. The summed E-state index contributed by atoms with van der Waals surface area (Å²) in [6.45, 7) is 2.78. The van der Waals surface area contributed by atoms with Crippen LogP contribution in [0.25, 0.3) is 10.2 Å². The summed E-state index contributed by atoms with van der Waals surface area (Å²) in [6, 6.07) is 10.5. The normalized spacial score (nSPS) is 14.5. The quantitative estimate of drug-likeness (QED) is 0.514. The maximum atomic E-state index is 10.8. The van der Waals surface area contributed by atoms with Crippen molar-refractivity contribution in [1.29, 1.82) is 0 Å². The highest BCUT2D eigenvalue weighted by Crippen LogP contribution is 2.37. The van der Waals surface area contributed by atoms with Gasteiger partial charge in [-0.05, 0) is 17.5 Å². The maximum Gasteiger partial charge on any atom is 0.313 e. The average Bonchev–Trinajstić information content (AvgIpc) is 2.99. The lowest BCUT2D eigenvalue weighted by Crippen LogP contribution is -2.29. The van der Waals surface area contributed by atoms with Crippen molar-refractivity contribution >= 4 is 45.1 Å². The summed E-state index contributed by atoms with van der Waals surface area (Å²) in [6.07, 6.45) is 0.928. The van der Waals surface area contributed by atoms with E-state index in [1.54, 1.807) is 11.3 Å². The predicted molar refractivity (Wildman–Crippen MR) is 104 cm³/mol. The van der Waals surface area contributed by atoms with Gasteiger partial charge in [0.05, 0.1) is 11.1 Å². The summed E-state index contributed by atoms with van der Waals surface area (Å²) < 4.78 is 0. The van der Waals surface area contributed by atoms with E-state index in [4.69, 9.17) is 10.8 Å². The monoisotopic (exact) mass is 386 g/mol. The molecular weight excluding hydrogens is 368 g/mol. The largest absolute Gasteiger partial charge is 0.481 e. The molecule has 1 aromatic carbocycles. The first-order valence-corrected chi connectivity index (χ1v) is 10.1. The predicted octanol–water partition coefficient (Wildman–Crippen LogP) is 3.01. The molecule has 1 aliphatic heterocycles. The average molecular weight is 387 g/mol. The Morgan fingerprint density at radius 1 is 1.31 bits per heavy atom. The number of carboxylic acid groups (broad SMARTS) is 1. The van der Waals surface area contributed by atoms with Gasteiger partial charge in [-0.2, -0.15) is 0 Å². The van der Waals surface area contributed by atoms with Crippen LogP contribution >= 0.6 is 23.1 Å². The fourth-order valence-corrected chi connectivity index (χ4v) is 5.12. The van der Waals surface area contributed by atoms with Crippen LogP contribution < -0.4 is 5.73 Å². The van der Waals surface area contributed by atoms with Gasteiger partial charge in [-0.15, -0.1) is 11.3 Å².